The van der Waals surface area contributed by atoms with Crippen molar-refractivity contribution >= 4 is 29.2 Å². The van der Waals surface area contributed by atoms with Gasteiger partial charge in [0.2, 0.25) is 5.91 Å². The summed E-state index contributed by atoms with van der Waals surface area (Å²) in [5.74, 6) is -3.23. The van der Waals surface area contributed by atoms with Gasteiger partial charge in [0.15, 0.2) is 17.3 Å². The number of anilines is 1. The predicted molar refractivity (Wildman–Crippen MR) is 158 cm³/mol. The monoisotopic (exact) mass is 616 g/mol. The van der Waals surface area contributed by atoms with Crippen LogP contribution in [0.25, 0.3) is 11.3 Å². The average Bonchev–Trinajstić information content (AvgIpc) is 3.32. The number of aromatic hydroxyl groups is 1. The number of ether oxygens (including phenoxy) is 1. The Kier molecular flexibility index (Phi) is 7.95. The lowest BCUT2D eigenvalue weighted by atomic mass is 10.0. The van der Waals surface area contributed by atoms with E-state index < -0.39 is 29.0 Å². The molecule has 1 aromatic carbocycles. The van der Waals surface area contributed by atoms with Gasteiger partial charge in [-0.3, -0.25) is 14.5 Å². The van der Waals surface area contributed by atoms with Gasteiger partial charge in [-0.1, -0.05) is 18.2 Å². The van der Waals surface area contributed by atoms with Crippen molar-refractivity contribution in [2.24, 2.45) is 0 Å². The van der Waals surface area contributed by atoms with E-state index in [1.165, 1.54) is 6.08 Å². The Morgan fingerprint density at radius 3 is 2.51 bits per heavy atom. The number of aromatic nitrogens is 1. The molecular weight excluding hydrogens is 582 g/mol. The number of amides is 2. The normalized spacial score (nSPS) is 24.8. The van der Waals surface area contributed by atoms with Crippen LogP contribution in [-0.4, -0.2) is 126 Å². The Morgan fingerprint density at radius 2 is 1.79 bits per heavy atom. The Morgan fingerprint density at radius 1 is 1.07 bits per heavy atom. The van der Waals surface area contributed by atoms with Gasteiger partial charge in [-0.25, -0.2) is 13.8 Å². The number of likely N-dealkylation sites (N-methyl/N-ethyl adjacent to an activating group) is 1. The molecule has 43 heavy (non-hydrogen) atoms. The van der Waals surface area contributed by atoms with E-state index in [9.17, 15) is 19.1 Å². The average molecular weight is 617 g/mol. The van der Waals surface area contributed by atoms with E-state index in [-0.39, 0.29) is 71.4 Å². The summed E-state index contributed by atoms with van der Waals surface area (Å²) in [5.41, 5.74) is -0.574. The fourth-order valence-electron chi connectivity index (χ4n) is 6.66. The van der Waals surface area contributed by atoms with Crippen molar-refractivity contribution in [1.29, 1.82) is 0 Å². The third-order valence-corrected chi connectivity index (χ3v) is 9.48. The van der Waals surface area contributed by atoms with Gasteiger partial charge in [0, 0.05) is 64.4 Å². The molecular formula is C30H35ClF2N6O4. The highest BCUT2D eigenvalue weighted by Crippen LogP contribution is 2.47. The minimum Gasteiger partial charge on any atom is -0.504 e. The molecule has 3 atom stereocenters. The lowest BCUT2D eigenvalue weighted by Crippen LogP contribution is -2.57. The Hall–Kier alpha value is -3.48. The van der Waals surface area contributed by atoms with Crippen LogP contribution < -0.4 is 9.64 Å². The molecule has 2 amide bonds. The number of carbonyl (C=O) groups is 2. The van der Waals surface area contributed by atoms with E-state index in [1.807, 2.05) is 11.8 Å². The molecule has 4 aliphatic rings. The second-order valence-corrected chi connectivity index (χ2v) is 12.1. The van der Waals surface area contributed by atoms with Gasteiger partial charge in [-0.05, 0) is 38.6 Å². The molecule has 3 fully saturated rings. The number of carbonyl (C=O) groups excluding carboxylic acids is 2. The lowest BCUT2D eigenvalue weighted by molar-refractivity contribution is -0.128. The number of phenols is 1. The Bertz CT molecular complexity index is 1470. The molecule has 2 aromatic rings. The van der Waals surface area contributed by atoms with Gasteiger partial charge < -0.3 is 29.4 Å². The first-order valence-electron chi connectivity index (χ1n) is 14.5. The number of hydrogen-bond donors (Lipinski definition) is 1. The predicted octanol–water partition coefficient (Wildman–Crippen LogP) is 2.83. The molecule has 0 bridgehead atoms. The molecule has 0 aliphatic carbocycles. The Balaban J connectivity index is 1.46. The molecule has 0 radical (unpaired) electrons. The second kappa shape index (κ2) is 11.5. The van der Waals surface area contributed by atoms with Crippen LogP contribution in [0.1, 0.15) is 23.7 Å². The van der Waals surface area contributed by atoms with Crippen molar-refractivity contribution in [2.75, 3.05) is 70.9 Å². The molecule has 13 heteroatoms. The van der Waals surface area contributed by atoms with Gasteiger partial charge in [0.25, 0.3) is 5.91 Å². The van der Waals surface area contributed by atoms with E-state index in [0.717, 1.165) is 44.7 Å². The van der Waals surface area contributed by atoms with E-state index in [2.05, 4.69) is 23.4 Å². The maximum atomic E-state index is 15.2. The van der Waals surface area contributed by atoms with Crippen molar-refractivity contribution in [1.82, 2.24) is 24.6 Å². The zero-order chi connectivity index (χ0) is 30.6. The SMILES string of the molecule is C=CC(=O)N1CCN2C(=O)c3c(N4CC(N5CCN(C)CC5)C[C@@H]4C)nc(-c4c(F)ccc(F)c4O)c(Cl)c3OCC2C1. The number of benzene rings is 1. The number of nitrogens with zero attached hydrogens (tertiary/aromatic N) is 6. The lowest BCUT2D eigenvalue weighted by Gasteiger charge is -2.39. The molecule has 2 unspecified atom stereocenters. The van der Waals surface area contributed by atoms with Crippen LogP contribution in [0.4, 0.5) is 14.6 Å². The fourth-order valence-corrected chi connectivity index (χ4v) is 6.95. The van der Waals surface area contributed by atoms with Gasteiger partial charge in [-0.2, -0.15) is 0 Å². The number of fused-ring (bicyclic) bond motifs is 2. The van der Waals surface area contributed by atoms with Crippen molar-refractivity contribution < 1.29 is 28.2 Å². The van der Waals surface area contributed by atoms with Gasteiger partial charge in [-0.15, -0.1) is 0 Å². The van der Waals surface area contributed by atoms with Crippen LogP contribution in [0, 0.1) is 11.6 Å². The van der Waals surface area contributed by atoms with Crippen molar-refractivity contribution in [2.45, 2.75) is 31.5 Å². The summed E-state index contributed by atoms with van der Waals surface area (Å²) in [7, 11) is 2.10. The molecule has 230 valence electrons. The number of rotatable bonds is 4. The third-order valence-electron chi connectivity index (χ3n) is 9.13. The second-order valence-electron chi connectivity index (χ2n) is 11.7. The van der Waals surface area contributed by atoms with Gasteiger partial charge in [0.05, 0.1) is 11.6 Å². The summed E-state index contributed by atoms with van der Waals surface area (Å²) in [5, 5.41) is 10.4. The molecule has 1 N–H and O–H groups in total. The molecule has 6 rings (SSSR count). The first-order chi connectivity index (χ1) is 20.6. The largest absolute Gasteiger partial charge is 0.504 e. The van der Waals surface area contributed by atoms with E-state index in [1.54, 1.807) is 9.80 Å². The molecule has 0 saturated carbocycles. The Labute approximate surface area is 254 Å². The maximum absolute atomic E-state index is 15.2. The van der Waals surface area contributed by atoms with Crippen LogP contribution in [-0.2, 0) is 4.79 Å². The first kappa shape index (κ1) is 29.6. The summed E-state index contributed by atoms with van der Waals surface area (Å²) in [6, 6.07) is 1.40. The third kappa shape index (κ3) is 5.19. The zero-order valence-corrected chi connectivity index (χ0v) is 25.0. The summed E-state index contributed by atoms with van der Waals surface area (Å²) in [4.78, 5) is 41.4. The summed E-state index contributed by atoms with van der Waals surface area (Å²) < 4.78 is 35.9. The highest BCUT2D eigenvalue weighted by atomic mass is 35.5. The number of piperazine rings is 2. The number of phenolic OH excluding ortho intramolecular Hbond substituents is 1. The van der Waals surface area contributed by atoms with Crippen molar-refractivity contribution in [3.8, 4) is 22.8 Å². The molecule has 3 saturated heterocycles. The molecule has 10 nitrogen and oxygen atoms in total. The van der Waals surface area contributed by atoms with Gasteiger partial charge >= 0.3 is 0 Å². The van der Waals surface area contributed by atoms with Crippen LogP contribution in [0.15, 0.2) is 24.8 Å². The van der Waals surface area contributed by atoms with Crippen LogP contribution in [0.2, 0.25) is 5.02 Å². The number of hydrogen-bond acceptors (Lipinski definition) is 8. The highest BCUT2D eigenvalue weighted by molar-refractivity contribution is 6.35. The molecule has 0 spiro atoms. The smallest absolute Gasteiger partial charge is 0.261 e. The molecule has 4 aliphatic heterocycles. The van der Waals surface area contributed by atoms with Crippen molar-refractivity contribution in [3.63, 3.8) is 0 Å². The molecule has 1 aromatic heterocycles. The standard InChI is InChI=1S/C30H35ClF2N6O4/c1-4-22(40)37-11-12-38-19(14-37)16-43-28-24(30(38)42)29(34-26(25(28)31)23-20(32)5-6-21(33)27(23)41)39-15-18(13-17(39)2)36-9-7-35(3)8-10-36/h4-6,17-19,41H,1,7-16H2,2-3H3/t17-,18?,19?/m0/s1. The van der Waals surface area contributed by atoms with Gasteiger partial charge in [0.1, 0.15) is 34.5 Å². The number of halogens is 3. The minimum absolute atomic E-state index is 0.000900. The first-order valence-corrected chi connectivity index (χ1v) is 14.9. The van der Waals surface area contributed by atoms with E-state index in [4.69, 9.17) is 21.3 Å². The summed E-state index contributed by atoms with van der Waals surface area (Å²) >= 11 is 6.81. The quantitative estimate of drug-likeness (QED) is 0.525. The summed E-state index contributed by atoms with van der Waals surface area (Å²) in [6.07, 6.45) is 2.05. The van der Waals surface area contributed by atoms with Crippen molar-refractivity contribution in [3.05, 3.63) is 47.0 Å². The van der Waals surface area contributed by atoms with E-state index >= 15 is 4.39 Å². The zero-order valence-electron chi connectivity index (χ0n) is 24.2. The highest BCUT2D eigenvalue weighted by Gasteiger charge is 2.43. The van der Waals surface area contributed by atoms with E-state index in [0.29, 0.717) is 13.1 Å². The van der Waals surface area contributed by atoms with Crippen LogP contribution in [0.3, 0.4) is 0 Å². The maximum Gasteiger partial charge on any atom is 0.261 e. The minimum atomic E-state index is -1.03. The van der Waals surface area contributed by atoms with Crippen LogP contribution in [0.5, 0.6) is 11.5 Å². The molecule has 5 heterocycles. The fraction of sp³-hybridized carbons (Fsp3) is 0.500. The summed E-state index contributed by atoms with van der Waals surface area (Å²) in [6.45, 7) is 10.7. The van der Waals surface area contributed by atoms with Crippen LogP contribution >= 0.6 is 11.6 Å². The number of pyridine rings is 1. The topological polar surface area (TPSA) is 92.7 Å².